The molecule has 5 heteroatoms. The third kappa shape index (κ3) is 2.09. The van der Waals surface area contributed by atoms with Crippen LogP contribution in [0.3, 0.4) is 0 Å². The number of morpholine rings is 1. The molecule has 2 fully saturated rings. The second-order valence-corrected chi connectivity index (χ2v) is 5.49. The third-order valence-corrected chi connectivity index (χ3v) is 3.93. The Bertz CT molecular complexity index is 598. The largest absolute Gasteiger partial charge is 0.439 e. The maximum atomic E-state index is 5.83. The van der Waals surface area contributed by atoms with E-state index in [0.717, 1.165) is 36.6 Å². The molecular formula is C14H17N3O2. The summed E-state index contributed by atoms with van der Waals surface area (Å²) in [5, 5.41) is 0. The van der Waals surface area contributed by atoms with Gasteiger partial charge < -0.3 is 14.9 Å². The van der Waals surface area contributed by atoms with E-state index in [1.54, 1.807) is 0 Å². The van der Waals surface area contributed by atoms with Crippen molar-refractivity contribution in [1.29, 1.82) is 0 Å². The number of nitrogens with two attached hydrogens (primary N) is 1. The summed E-state index contributed by atoms with van der Waals surface area (Å²) in [5.41, 5.74) is 8.10. The van der Waals surface area contributed by atoms with Crippen molar-refractivity contribution in [3.63, 3.8) is 0 Å². The fourth-order valence-electron chi connectivity index (χ4n) is 3.08. The first-order chi connectivity index (χ1) is 9.26. The lowest BCUT2D eigenvalue weighted by Crippen LogP contribution is -2.42. The molecule has 1 aromatic heterocycles. The third-order valence-electron chi connectivity index (χ3n) is 3.93. The van der Waals surface area contributed by atoms with Crippen molar-refractivity contribution in [2.45, 2.75) is 31.6 Å². The Hall–Kier alpha value is -1.59. The van der Waals surface area contributed by atoms with E-state index in [1.807, 2.05) is 18.2 Å². The maximum absolute atomic E-state index is 5.83. The van der Waals surface area contributed by atoms with Gasteiger partial charge in [-0.25, -0.2) is 4.98 Å². The van der Waals surface area contributed by atoms with Crippen molar-refractivity contribution >= 4 is 16.8 Å². The summed E-state index contributed by atoms with van der Waals surface area (Å²) >= 11 is 0. The quantitative estimate of drug-likeness (QED) is 0.833. The topological polar surface area (TPSA) is 64.5 Å². The Kier molecular flexibility index (Phi) is 2.50. The standard InChI is InChI=1S/C14H17N3O2/c15-9-1-4-12-13(5-9)19-14(16-12)8-17-6-10-2-3-11(7-17)18-10/h1,4-5,10-11H,2-3,6-8,15H2. The van der Waals surface area contributed by atoms with Gasteiger partial charge in [-0.3, -0.25) is 4.90 Å². The SMILES string of the molecule is Nc1ccc2nc(CN3CC4CCC(C3)O4)oc2c1. The Labute approximate surface area is 111 Å². The van der Waals surface area contributed by atoms with Gasteiger partial charge in [-0.05, 0) is 25.0 Å². The first-order valence-corrected chi connectivity index (χ1v) is 6.79. The minimum Gasteiger partial charge on any atom is -0.439 e. The average molecular weight is 259 g/mol. The lowest BCUT2D eigenvalue weighted by molar-refractivity contribution is -0.0430. The number of fused-ring (bicyclic) bond motifs is 3. The summed E-state index contributed by atoms with van der Waals surface area (Å²) in [7, 11) is 0. The van der Waals surface area contributed by atoms with Crippen LogP contribution in [0.5, 0.6) is 0 Å². The summed E-state index contributed by atoms with van der Waals surface area (Å²) in [4.78, 5) is 6.89. The van der Waals surface area contributed by atoms with Gasteiger partial charge in [0.2, 0.25) is 5.89 Å². The molecule has 0 spiro atoms. The van der Waals surface area contributed by atoms with Crippen LogP contribution in [-0.2, 0) is 11.3 Å². The molecule has 0 radical (unpaired) electrons. The van der Waals surface area contributed by atoms with E-state index in [9.17, 15) is 0 Å². The van der Waals surface area contributed by atoms with Gasteiger partial charge in [0.25, 0.3) is 0 Å². The number of hydrogen-bond donors (Lipinski definition) is 1. The number of benzene rings is 1. The second-order valence-electron chi connectivity index (χ2n) is 5.49. The molecule has 19 heavy (non-hydrogen) atoms. The van der Waals surface area contributed by atoms with E-state index in [-0.39, 0.29) is 0 Å². The highest BCUT2D eigenvalue weighted by Gasteiger charge is 2.34. The van der Waals surface area contributed by atoms with Crippen LogP contribution in [0.25, 0.3) is 11.1 Å². The number of nitrogen functional groups attached to an aromatic ring is 1. The van der Waals surface area contributed by atoms with Crippen molar-refractivity contribution < 1.29 is 9.15 Å². The number of aromatic nitrogens is 1. The summed E-state index contributed by atoms with van der Waals surface area (Å²) in [6.45, 7) is 2.72. The highest BCUT2D eigenvalue weighted by molar-refractivity contribution is 5.76. The van der Waals surface area contributed by atoms with E-state index in [0.29, 0.717) is 17.9 Å². The zero-order chi connectivity index (χ0) is 12.8. The summed E-state index contributed by atoms with van der Waals surface area (Å²) < 4.78 is 11.6. The van der Waals surface area contributed by atoms with E-state index in [4.69, 9.17) is 14.9 Å². The van der Waals surface area contributed by atoms with Crippen LogP contribution >= 0.6 is 0 Å². The number of rotatable bonds is 2. The molecule has 4 rings (SSSR count). The molecular weight excluding hydrogens is 242 g/mol. The van der Waals surface area contributed by atoms with Crippen LogP contribution in [0.1, 0.15) is 18.7 Å². The predicted molar refractivity (Wildman–Crippen MR) is 71.6 cm³/mol. The monoisotopic (exact) mass is 259 g/mol. The van der Waals surface area contributed by atoms with Crippen molar-refractivity contribution in [2.24, 2.45) is 0 Å². The lowest BCUT2D eigenvalue weighted by Gasteiger charge is -2.30. The number of oxazole rings is 1. The number of anilines is 1. The highest BCUT2D eigenvalue weighted by atomic mass is 16.5. The van der Waals surface area contributed by atoms with Crippen LogP contribution in [0.2, 0.25) is 0 Å². The van der Waals surface area contributed by atoms with Gasteiger partial charge in [0.15, 0.2) is 5.58 Å². The Morgan fingerprint density at radius 2 is 2.05 bits per heavy atom. The van der Waals surface area contributed by atoms with Crippen LogP contribution in [0.15, 0.2) is 22.6 Å². The molecule has 5 nitrogen and oxygen atoms in total. The minimum absolute atomic E-state index is 0.402. The van der Waals surface area contributed by atoms with Crippen LogP contribution in [0, 0.1) is 0 Å². The number of ether oxygens (including phenoxy) is 1. The molecule has 2 aliphatic rings. The van der Waals surface area contributed by atoms with Gasteiger partial charge >= 0.3 is 0 Å². The summed E-state index contributed by atoms with van der Waals surface area (Å²) in [6.07, 6.45) is 3.17. The van der Waals surface area contributed by atoms with Gasteiger partial charge in [-0.2, -0.15) is 0 Å². The Morgan fingerprint density at radius 1 is 1.26 bits per heavy atom. The van der Waals surface area contributed by atoms with E-state index >= 15 is 0 Å². The molecule has 2 bridgehead atoms. The minimum atomic E-state index is 0.402. The fourth-order valence-corrected chi connectivity index (χ4v) is 3.08. The van der Waals surface area contributed by atoms with Crippen molar-refractivity contribution in [3.05, 3.63) is 24.1 Å². The molecule has 2 N–H and O–H groups in total. The molecule has 2 aromatic rings. The molecule has 1 aromatic carbocycles. The zero-order valence-electron chi connectivity index (χ0n) is 10.7. The van der Waals surface area contributed by atoms with Gasteiger partial charge in [0, 0.05) is 24.8 Å². The van der Waals surface area contributed by atoms with Crippen molar-refractivity contribution in [1.82, 2.24) is 9.88 Å². The molecule has 2 aliphatic heterocycles. The maximum Gasteiger partial charge on any atom is 0.209 e. The molecule has 0 saturated carbocycles. The Morgan fingerprint density at radius 3 is 2.84 bits per heavy atom. The van der Waals surface area contributed by atoms with Crippen molar-refractivity contribution in [3.8, 4) is 0 Å². The number of likely N-dealkylation sites (tertiary alicyclic amines) is 1. The molecule has 0 amide bonds. The van der Waals surface area contributed by atoms with Gasteiger partial charge in [0.05, 0.1) is 18.8 Å². The lowest BCUT2D eigenvalue weighted by atomic mass is 10.2. The second kappa shape index (κ2) is 4.21. The molecule has 2 saturated heterocycles. The average Bonchev–Trinajstić information content (AvgIpc) is 2.92. The van der Waals surface area contributed by atoms with Crippen LogP contribution < -0.4 is 5.73 Å². The first kappa shape index (κ1) is 11.3. The number of nitrogens with zero attached hydrogens (tertiary/aromatic N) is 2. The molecule has 0 aliphatic carbocycles. The normalized spacial score (nSPS) is 27.2. The summed E-state index contributed by atoms with van der Waals surface area (Å²) in [5.74, 6) is 0.766. The highest BCUT2D eigenvalue weighted by Crippen LogP contribution is 2.27. The van der Waals surface area contributed by atoms with Gasteiger partial charge in [-0.1, -0.05) is 0 Å². The van der Waals surface area contributed by atoms with Crippen LogP contribution in [-0.4, -0.2) is 35.2 Å². The molecule has 2 atom stereocenters. The summed E-state index contributed by atoms with van der Waals surface area (Å²) in [6, 6.07) is 5.58. The van der Waals surface area contributed by atoms with Gasteiger partial charge in [-0.15, -0.1) is 0 Å². The van der Waals surface area contributed by atoms with E-state index in [1.165, 1.54) is 12.8 Å². The van der Waals surface area contributed by atoms with E-state index in [2.05, 4.69) is 9.88 Å². The predicted octanol–water partition coefficient (Wildman–Crippen LogP) is 1.77. The fraction of sp³-hybridized carbons (Fsp3) is 0.500. The van der Waals surface area contributed by atoms with Gasteiger partial charge in [0.1, 0.15) is 5.52 Å². The Balaban J connectivity index is 1.54. The van der Waals surface area contributed by atoms with Crippen molar-refractivity contribution in [2.75, 3.05) is 18.8 Å². The molecule has 2 unspecified atom stereocenters. The first-order valence-electron chi connectivity index (χ1n) is 6.79. The smallest absolute Gasteiger partial charge is 0.209 e. The zero-order valence-corrected chi connectivity index (χ0v) is 10.7. The number of hydrogen-bond acceptors (Lipinski definition) is 5. The molecule has 3 heterocycles. The molecule has 100 valence electrons. The van der Waals surface area contributed by atoms with E-state index < -0.39 is 0 Å². The van der Waals surface area contributed by atoms with Crippen LogP contribution in [0.4, 0.5) is 5.69 Å².